The highest BCUT2D eigenvalue weighted by Crippen LogP contribution is 2.26. The lowest BCUT2D eigenvalue weighted by atomic mass is 10.2. The van der Waals surface area contributed by atoms with Gasteiger partial charge in [0.15, 0.2) is 0 Å². The average molecular weight is 317 g/mol. The van der Waals surface area contributed by atoms with Crippen molar-refractivity contribution in [3.63, 3.8) is 0 Å². The molecule has 6 nitrogen and oxygen atoms in total. The molecule has 0 radical (unpaired) electrons. The Balaban J connectivity index is 2.16. The number of hydrogen-bond acceptors (Lipinski definition) is 5. The number of aromatic hydroxyl groups is 1. The van der Waals surface area contributed by atoms with Gasteiger partial charge in [0.1, 0.15) is 11.3 Å². The summed E-state index contributed by atoms with van der Waals surface area (Å²) in [4.78, 5) is 10.7. The lowest BCUT2D eigenvalue weighted by molar-refractivity contribution is 0.0693. The van der Waals surface area contributed by atoms with Crippen molar-refractivity contribution in [2.75, 3.05) is 12.3 Å². The van der Waals surface area contributed by atoms with Crippen molar-refractivity contribution < 1.29 is 23.4 Å². The molecule has 0 saturated carbocycles. The van der Waals surface area contributed by atoms with Crippen LogP contribution in [0, 0.1) is 0 Å². The fourth-order valence-corrected chi connectivity index (χ4v) is 4.36. The highest BCUT2D eigenvalue weighted by Gasteiger charge is 2.22. The predicted molar refractivity (Wildman–Crippen MR) is 75.7 cm³/mol. The molecule has 1 unspecified atom stereocenters. The number of carboxylic acids is 1. The molecule has 1 aromatic rings. The van der Waals surface area contributed by atoms with E-state index in [4.69, 9.17) is 5.11 Å². The van der Waals surface area contributed by atoms with Gasteiger partial charge in [-0.1, -0.05) is 0 Å². The molecule has 1 aliphatic rings. The molecule has 1 saturated heterocycles. The van der Waals surface area contributed by atoms with Crippen LogP contribution in [0.25, 0.3) is 0 Å². The smallest absolute Gasteiger partial charge is 0.339 e. The van der Waals surface area contributed by atoms with Gasteiger partial charge < -0.3 is 10.2 Å². The first kappa shape index (κ1) is 15.1. The van der Waals surface area contributed by atoms with E-state index in [1.807, 2.05) is 0 Å². The summed E-state index contributed by atoms with van der Waals surface area (Å²) in [6.07, 6.45) is 2.06. The van der Waals surface area contributed by atoms with E-state index in [2.05, 4.69) is 4.72 Å². The van der Waals surface area contributed by atoms with Gasteiger partial charge in [-0.15, -0.1) is 0 Å². The fourth-order valence-electron chi connectivity index (χ4n) is 1.94. The third kappa shape index (κ3) is 3.44. The van der Waals surface area contributed by atoms with Gasteiger partial charge in [-0.25, -0.2) is 17.9 Å². The van der Waals surface area contributed by atoms with Crippen LogP contribution in [-0.4, -0.2) is 42.1 Å². The maximum Gasteiger partial charge on any atom is 0.339 e. The van der Waals surface area contributed by atoms with Crippen LogP contribution in [0.4, 0.5) is 0 Å². The zero-order valence-electron chi connectivity index (χ0n) is 10.6. The third-order valence-electron chi connectivity index (χ3n) is 3.03. The van der Waals surface area contributed by atoms with Gasteiger partial charge in [-0.2, -0.15) is 11.8 Å². The molecule has 1 aliphatic heterocycles. The minimum absolute atomic E-state index is 0.157. The molecule has 0 amide bonds. The lowest BCUT2D eigenvalue weighted by Crippen LogP contribution is -2.30. The van der Waals surface area contributed by atoms with Crippen LogP contribution in [0.2, 0.25) is 0 Å². The Morgan fingerprint density at radius 1 is 1.45 bits per heavy atom. The van der Waals surface area contributed by atoms with Crippen molar-refractivity contribution in [2.45, 2.75) is 23.0 Å². The molecule has 110 valence electrons. The summed E-state index contributed by atoms with van der Waals surface area (Å²) in [5, 5.41) is 18.5. The second-order valence-electron chi connectivity index (χ2n) is 4.47. The van der Waals surface area contributed by atoms with E-state index in [1.165, 1.54) is 6.07 Å². The molecule has 0 spiro atoms. The first-order chi connectivity index (χ1) is 9.40. The maximum absolute atomic E-state index is 12.1. The molecule has 0 bridgehead atoms. The van der Waals surface area contributed by atoms with Gasteiger partial charge in [0.2, 0.25) is 10.0 Å². The van der Waals surface area contributed by atoms with Crippen LogP contribution < -0.4 is 4.72 Å². The van der Waals surface area contributed by atoms with Crippen LogP contribution in [0.3, 0.4) is 0 Å². The molecular formula is C12H15NO5S2. The van der Waals surface area contributed by atoms with Crippen molar-refractivity contribution >= 4 is 27.8 Å². The van der Waals surface area contributed by atoms with E-state index in [-0.39, 0.29) is 10.1 Å². The van der Waals surface area contributed by atoms with Gasteiger partial charge in [-0.05, 0) is 36.8 Å². The standard InChI is InChI=1S/C12H15NO5S2/c14-11-4-3-9(6-10(11)12(15)16)20(17,18)13-7-8-2-1-5-19-8/h3-4,6,8,13-14H,1-2,5,7H2,(H,15,16). The number of aromatic carboxylic acids is 1. The zero-order chi connectivity index (χ0) is 14.8. The molecule has 0 aromatic heterocycles. The normalized spacial score (nSPS) is 19.1. The number of thioether (sulfide) groups is 1. The second kappa shape index (κ2) is 6.02. The Morgan fingerprint density at radius 3 is 2.80 bits per heavy atom. The van der Waals surface area contributed by atoms with Crippen LogP contribution in [0.1, 0.15) is 23.2 Å². The summed E-state index contributed by atoms with van der Waals surface area (Å²) in [7, 11) is -3.76. The first-order valence-electron chi connectivity index (χ1n) is 6.08. The summed E-state index contributed by atoms with van der Waals surface area (Å²) in [6.45, 7) is 0.330. The fraction of sp³-hybridized carbons (Fsp3) is 0.417. The van der Waals surface area contributed by atoms with Gasteiger partial charge >= 0.3 is 5.97 Å². The molecule has 20 heavy (non-hydrogen) atoms. The van der Waals surface area contributed by atoms with Gasteiger partial charge in [0.05, 0.1) is 4.90 Å². The first-order valence-corrected chi connectivity index (χ1v) is 8.61. The summed E-state index contributed by atoms with van der Waals surface area (Å²) in [5.41, 5.74) is -0.428. The summed E-state index contributed by atoms with van der Waals surface area (Å²) in [5.74, 6) is -0.789. The van der Waals surface area contributed by atoms with E-state index in [9.17, 15) is 18.3 Å². The quantitative estimate of drug-likeness (QED) is 0.755. The molecule has 1 fully saturated rings. The van der Waals surface area contributed by atoms with E-state index in [0.29, 0.717) is 6.54 Å². The van der Waals surface area contributed by atoms with Crippen LogP contribution in [0.15, 0.2) is 23.1 Å². The molecule has 1 atom stereocenters. The van der Waals surface area contributed by atoms with Crippen molar-refractivity contribution in [1.82, 2.24) is 4.72 Å². The number of sulfonamides is 1. The number of phenols is 1. The Bertz CT molecular complexity index is 608. The Kier molecular flexibility index (Phi) is 4.56. The molecule has 2 rings (SSSR count). The third-order valence-corrected chi connectivity index (χ3v) is 5.85. The van der Waals surface area contributed by atoms with Crippen LogP contribution in [0.5, 0.6) is 5.75 Å². The molecular weight excluding hydrogens is 302 g/mol. The highest BCUT2D eigenvalue weighted by atomic mass is 32.2. The molecule has 1 aromatic carbocycles. The zero-order valence-corrected chi connectivity index (χ0v) is 12.2. The summed E-state index contributed by atoms with van der Waals surface area (Å²) in [6, 6.07) is 3.22. The Morgan fingerprint density at radius 2 is 2.20 bits per heavy atom. The maximum atomic E-state index is 12.1. The minimum Gasteiger partial charge on any atom is -0.507 e. The number of hydrogen-bond donors (Lipinski definition) is 3. The predicted octanol–water partition coefficient (Wildman–Crippen LogP) is 1.26. The van der Waals surface area contributed by atoms with Gasteiger partial charge in [-0.3, -0.25) is 0 Å². The van der Waals surface area contributed by atoms with Gasteiger partial charge in [0.25, 0.3) is 0 Å². The molecule has 8 heteroatoms. The SMILES string of the molecule is O=C(O)c1cc(S(=O)(=O)NCC2CCCS2)ccc1O. The van der Waals surface area contributed by atoms with Crippen molar-refractivity contribution in [3.05, 3.63) is 23.8 Å². The molecule has 1 heterocycles. The monoisotopic (exact) mass is 317 g/mol. The van der Waals surface area contributed by atoms with E-state index in [1.54, 1.807) is 11.8 Å². The Hall–Kier alpha value is -1.25. The Labute approximate surface area is 121 Å². The van der Waals surface area contributed by atoms with Gasteiger partial charge in [0, 0.05) is 11.8 Å². The van der Waals surface area contributed by atoms with E-state index in [0.717, 1.165) is 30.7 Å². The van der Waals surface area contributed by atoms with Crippen molar-refractivity contribution in [3.8, 4) is 5.75 Å². The van der Waals surface area contributed by atoms with E-state index < -0.39 is 27.3 Å². The lowest BCUT2D eigenvalue weighted by Gasteiger charge is -2.11. The molecule has 0 aliphatic carbocycles. The number of nitrogens with one attached hydrogen (secondary N) is 1. The van der Waals surface area contributed by atoms with Crippen molar-refractivity contribution in [1.29, 1.82) is 0 Å². The van der Waals surface area contributed by atoms with E-state index >= 15 is 0 Å². The van der Waals surface area contributed by atoms with Crippen LogP contribution in [-0.2, 0) is 10.0 Å². The number of benzene rings is 1. The largest absolute Gasteiger partial charge is 0.507 e. The second-order valence-corrected chi connectivity index (χ2v) is 7.65. The summed E-state index contributed by atoms with van der Waals surface area (Å²) < 4.78 is 26.6. The van der Waals surface area contributed by atoms with Crippen molar-refractivity contribution in [2.24, 2.45) is 0 Å². The topological polar surface area (TPSA) is 104 Å². The highest BCUT2D eigenvalue weighted by molar-refractivity contribution is 8.00. The number of carboxylic acid groups (broad SMARTS) is 1. The average Bonchev–Trinajstić information content (AvgIpc) is 2.89. The number of carbonyl (C=O) groups is 1. The molecule has 3 N–H and O–H groups in total. The minimum atomic E-state index is -3.76. The van der Waals surface area contributed by atoms with Crippen LogP contribution >= 0.6 is 11.8 Å². The number of rotatable bonds is 5. The summed E-state index contributed by atoms with van der Waals surface area (Å²) >= 11 is 1.73.